The van der Waals surface area contributed by atoms with Crippen LogP contribution < -0.4 is 5.43 Å². The molecule has 21 heavy (non-hydrogen) atoms. The molecule has 0 bridgehead atoms. The highest BCUT2D eigenvalue weighted by Gasteiger charge is 2.29. The lowest BCUT2D eigenvalue weighted by Gasteiger charge is -2.14. The van der Waals surface area contributed by atoms with E-state index in [-0.39, 0.29) is 0 Å². The average molecular weight is 307 g/mol. The summed E-state index contributed by atoms with van der Waals surface area (Å²) in [5.74, 6) is -4.66. The zero-order valence-corrected chi connectivity index (χ0v) is 10.0. The Kier molecular flexibility index (Phi) is 3.44. The van der Waals surface area contributed by atoms with Crippen LogP contribution in [0.3, 0.4) is 0 Å². The molecule has 1 heterocycles. The van der Waals surface area contributed by atoms with Gasteiger partial charge in [-0.2, -0.15) is 13.2 Å². The molecular formula is C12H6F5NO3. The van der Waals surface area contributed by atoms with Crippen LogP contribution in [0.1, 0.15) is 10.4 Å². The summed E-state index contributed by atoms with van der Waals surface area (Å²) in [6.07, 6.45) is -4.28. The van der Waals surface area contributed by atoms with Crippen LogP contribution in [0, 0.1) is 11.6 Å². The molecule has 1 aromatic heterocycles. The third-order valence-electron chi connectivity index (χ3n) is 2.70. The van der Waals surface area contributed by atoms with Gasteiger partial charge in [-0.1, -0.05) is 0 Å². The van der Waals surface area contributed by atoms with Crippen molar-refractivity contribution >= 4 is 16.9 Å². The molecule has 0 saturated carbocycles. The van der Waals surface area contributed by atoms with Gasteiger partial charge in [0.05, 0.1) is 5.52 Å². The Hall–Kier alpha value is -2.45. The van der Waals surface area contributed by atoms with Gasteiger partial charge >= 0.3 is 12.1 Å². The van der Waals surface area contributed by atoms with Crippen LogP contribution in [0.15, 0.2) is 23.1 Å². The molecule has 0 spiro atoms. The number of benzene rings is 1. The summed E-state index contributed by atoms with van der Waals surface area (Å²) in [5.41, 5.74) is -2.69. The maximum absolute atomic E-state index is 13.2. The summed E-state index contributed by atoms with van der Waals surface area (Å²) in [6, 6.07) is 0.801. The Morgan fingerprint density at radius 3 is 2.29 bits per heavy atom. The summed E-state index contributed by atoms with van der Waals surface area (Å²) >= 11 is 0. The number of rotatable bonds is 2. The van der Waals surface area contributed by atoms with Gasteiger partial charge in [0.15, 0.2) is 11.6 Å². The molecule has 1 aromatic carbocycles. The quantitative estimate of drug-likeness (QED) is 0.867. The normalized spacial score (nSPS) is 11.9. The van der Waals surface area contributed by atoms with Gasteiger partial charge in [-0.25, -0.2) is 13.6 Å². The standard InChI is InChI=1S/C12H6F5NO3/c13-7-1-5-9(2-8(7)14)18(4-12(15,16)17)3-6(10(5)19)11(20)21/h1-3H,4H2,(H,20,21). The second-order valence-corrected chi connectivity index (χ2v) is 4.20. The van der Waals surface area contributed by atoms with Crippen molar-refractivity contribution in [2.24, 2.45) is 0 Å². The molecule has 4 nitrogen and oxygen atoms in total. The fraction of sp³-hybridized carbons (Fsp3) is 0.167. The molecule has 0 atom stereocenters. The number of fused-ring (bicyclic) bond motifs is 1. The molecule has 0 aliphatic heterocycles. The molecule has 2 rings (SSSR count). The third-order valence-corrected chi connectivity index (χ3v) is 2.70. The number of halogens is 5. The maximum Gasteiger partial charge on any atom is 0.406 e. The molecule has 0 aliphatic rings. The minimum atomic E-state index is -4.73. The number of alkyl halides is 3. The highest BCUT2D eigenvalue weighted by atomic mass is 19.4. The van der Waals surface area contributed by atoms with E-state index in [1.807, 2.05) is 0 Å². The fourth-order valence-corrected chi connectivity index (χ4v) is 1.86. The van der Waals surface area contributed by atoms with Crippen molar-refractivity contribution in [1.82, 2.24) is 4.57 Å². The zero-order valence-electron chi connectivity index (χ0n) is 10.0. The van der Waals surface area contributed by atoms with E-state index in [2.05, 4.69) is 0 Å². The van der Waals surface area contributed by atoms with Gasteiger partial charge in [0.25, 0.3) is 0 Å². The minimum absolute atomic E-state index is 0.350. The third kappa shape index (κ3) is 2.86. The van der Waals surface area contributed by atoms with Crippen LogP contribution in [0.4, 0.5) is 22.0 Å². The van der Waals surface area contributed by atoms with E-state index < -0.39 is 52.2 Å². The Balaban J connectivity index is 2.88. The summed E-state index contributed by atoms with van der Waals surface area (Å²) in [4.78, 5) is 22.7. The van der Waals surface area contributed by atoms with Crippen LogP contribution in [-0.4, -0.2) is 21.8 Å². The van der Waals surface area contributed by atoms with Gasteiger partial charge in [0.1, 0.15) is 12.1 Å². The number of hydrogen-bond acceptors (Lipinski definition) is 2. The summed E-state index contributed by atoms with van der Waals surface area (Å²) < 4.78 is 64.1. The molecule has 1 N–H and O–H groups in total. The van der Waals surface area contributed by atoms with Crippen molar-refractivity contribution in [2.45, 2.75) is 12.7 Å². The first-order chi connectivity index (χ1) is 9.60. The lowest BCUT2D eigenvalue weighted by Crippen LogP contribution is -2.24. The highest BCUT2D eigenvalue weighted by molar-refractivity contribution is 5.92. The first-order valence-electron chi connectivity index (χ1n) is 5.42. The molecule has 112 valence electrons. The van der Waals surface area contributed by atoms with Gasteiger partial charge in [0.2, 0.25) is 5.43 Å². The Morgan fingerprint density at radius 1 is 1.19 bits per heavy atom. The van der Waals surface area contributed by atoms with Crippen LogP contribution in [0.2, 0.25) is 0 Å². The first-order valence-corrected chi connectivity index (χ1v) is 5.42. The topological polar surface area (TPSA) is 59.3 Å². The molecular weight excluding hydrogens is 301 g/mol. The lowest BCUT2D eigenvalue weighted by atomic mass is 10.1. The molecule has 0 aliphatic carbocycles. The largest absolute Gasteiger partial charge is 0.477 e. The second kappa shape index (κ2) is 4.83. The maximum atomic E-state index is 13.2. The molecule has 2 aromatic rings. The van der Waals surface area contributed by atoms with E-state index in [9.17, 15) is 31.5 Å². The summed E-state index contributed by atoms with van der Waals surface area (Å²) in [6.45, 7) is -1.64. The van der Waals surface area contributed by atoms with Gasteiger partial charge in [-0.3, -0.25) is 4.79 Å². The van der Waals surface area contributed by atoms with Crippen molar-refractivity contribution in [2.75, 3.05) is 0 Å². The summed E-state index contributed by atoms with van der Waals surface area (Å²) in [7, 11) is 0. The molecule has 0 unspecified atom stereocenters. The highest BCUT2D eigenvalue weighted by Crippen LogP contribution is 2.22. The van der Waals surface area contributed by atoms with Gasteiger partial charge in [-0.05, 0) is 6.07 Å². The predicted octanol–water partition coefficient (Wildman–Crippen LogP) is 2.54. The SMILES string of the molecule is O=C(O)c1cn(CC(F)(F)F)c2cc(F)c(F)cc2c1=O. The van der Waals surface area contributed by atoms with Gasteiger partial charge < -0.3 is 9.67 Å². The van der Waals surface area contributed by atoms with E-state index >= 15 is 0 Å². The van der Waals surface area contributed by atoms with Crippen LogP contribution >= 0.6 is 0 Å². The molecule has 0 amide bonds. The number of carboxylic acid groups (broad SMARTS) is 1. The van der Waals surface area contributed by atoms with Crippen LogP contribution in [-0.2, 0) is 6.54 Å². The number of carbonyl (C=O) groups is 1. The van der Waals surface area contributed by atoms with Crippen molar-refractivity contribution < 1.29 is 31.9 Å². The van der Waals surface area contributed by atoms with E-state index in [1.165, 1.54) is 0 Å². The Morgan fingerprint density at radius 2 is 1.76 bits per heavy atom. The number of nitrogens with zero attached hydrogens (tertiary/aromatic N) is 1. The van der Waals surface area contributed by atoms with Gasteiger partial charge in [-0.15, -0.1) is 0 Å². The monoisotopic (exact) mass is 307 g/mol. The minimum Gasteiger partial charge on any atom is -0.477 e. The molecule has 9 heteroatoms. The number of aromatic nitrogens is 1. The molecule has 0 fully saturated rings. The number of hydrogen-bond donors (Lipinski definition) is 1. The Labute approximate surface area is 113 Å². The fourth-order valence-electron chi connectivity index (χ4n) is 1.86. The van der Waals surface area contributed by atoms with Crippen LogP contribution in [0.5, 0.6) is 0 Å². The number of aromatic carboxylic acids is 1. The number of pyridine rings is 1. The van der Waals surface area contributed by atoms with Crippen molar-refractivity contribution in [1.29, 1.82) is 0 Å². The zero-order chi connectivity index (χ0) is 15.9. The predicted molar refractivity (Wildman–Crippen MR) is 61.1 cm³/mol. The van der Waals surface area contributed by atoms with E-state index in [0.717, 1.165) is 0 Å². The second-order valence-electron chi connectivity index (χ2n) is 4.20. The van der Waals surface area contributed by atoms with E-state index in [4.69, 9.17) is 5.11 Å². The average Bonchev–Trinajstić information content (AvgIpc) is 2.33. The van der Waals surface area contributed by atoms with E-state index in [1.54, 1.807) is 0 Å². The van der Waals surface area contributed by atoms with E-state index in [0.29, 0.717) is 22.9 Å². The summed E-state index contributed by atoms with van der Waals surface area (Å²) in [5, 5.41) is 8.17. The first kappa shape index (κ1) is 14.9. The van der Waals surface area contributed by atoms with Crippen molar-refractivity contribution in [3.63, 3.8) is 0 Å². The van der Waals surface area contributed by atoms with Crippen LogP contribution in [0.25, 0.3) is 10.9 Å². The molecule has 0 radical (unpaired) electrons. The van der Waals surface area contributed by atoms with Gasteiger partial charge in [0, 0.05) is 17.6 Å². The van der Waals surface area contributed by atoms with Crippen molar-refractivity contribution in [3.05, 3.63) is 45.8 Å². The Bertz CT molecular complexity index is 794. The lowest BCUT2D eigenvalue weighted by molar-refractivity contribution is -0.140. The number of carboxylic acids is 1. The van der Waals surface area contributed by atoms with Crippen molar-refractivity contribution in [3.8, 4) is 0 Å². The smallest absolute Gasteiger partial charge is 0.406 e. The molecule has 0 saturated heterocycles.